The predicted octanol–water partition coefficient (Wildman–Crippen LogP) is 3.13. The number of H-pyrrole nitrogens is 1. The van der Waals surface area contributed by atoms with Crippen LogP contribution in [0.4, 0.5) is 10.3 Å². The average Bonchev–Trinajstić information content (AvgIpc) is 3.00. The minimum absolute atomic E-state index is 0.242. The molecule has 1 aliphatic carbocycles. The number of fused-ring (bicyclic) bond motifs is 1. The zero-order valence-corrected chi connectivity index (χ0v) is 10.0. The molecule has 0 aliphatic heterocycles. The molecule has 1 aliphatic rings. The van der Waals surface area contributed by atoms with Crippen molar-refractivity contribution >= 4 is 28.6 Å². The van der Waals surface area contributed by atoms with Gasteiger partial charge in [0.05, 0.1) is 11.0 Å². The Morgan fingerprint density at radius 2 is 2.29 bits per heavy atom. The van der Waals surface area contributed by atoms with E-state index < -0.39 is 0 Å². The number of aromatic amines is 1. The summed E-state index contributed by atoms with van der Waals surface area (Å²) in [5.74, 6) is 1.10. The maximum atomic E-state index is 13.0. The number of rotatable bonds is 4. The Morgan fingerprint density at radius 1 is 1.47 bits per heavy atom. The molecule has 1 saturated carbocycles. The third-order valence-electron chi connectivity index (χ3n) is 3.32. The molecule has 3 nitrogen and oxygen atoms in total. The number of imidazole rings is 1. The van der Waals surface area contributed by atoms with Crippen molar-refractivity contribution in [3.63, 3.8) is 0 Å². The van der Waals surface area contributed by atoms with E-state index in [1.54, 1.807) is 6.07 Å². The molecule has 1 aromatic heterocycles. The van der Waals surface area contributed by atoms with Crippen molar-refractivity contribution in [2.45, 2.75) is 12.8 Å². The van der Waals surface area contributed by atoms with Gasteiger partial charge in [-0.05, 0) is 31.0 Å². The van der Waals surface area contributed by atoms with Crippen LogP contribution in [0.2, 0.25) is 0 Å². The van der Waals surface area contributed by atoms with Gasteiger partial charge in [0.25, 0.3) is 0 Å². The number of nitrogens with zero attached hydrogens (tertiary/aromatic N) is 1. The Kier molecular flexibility index (Phi) is 2.47. The number of anilines is 1. The van der Waals surface area contributed by atoms with Crippen LogP contribution in [-0.2, 0) is 0 Å². The van der Waals surface area contributed by atoms with Crippen molar-refractivity contribution in [2.24, 2.45) is 5.41 Å². The van der Waals surface area contributed by atoms with Gasteiger partial charge in [-0.25, -0.2) is 9.37 Å². The first-order valence-electron chi connectivity index (χ1n) is 5.66. The fourth-order valence-corrected chi connectivity index (χ4v) is 2.23. The summed E-state index contributed by atoms with van der Waals surface area (Å²) in [4.78, 5) is 7.40. The smallest absolute Gasteiger partial charge is 0.201 e. The van der Waals surface area contributed by atoms with Crippen LogP contribution in [0.5, 0.6) is 0 Å². The molecule has 1 fully saturated rings. The number of alkyl halides is 1. The van der Waals surface area contributed by atoms with E-state index in [2.05, 4.69) is 15.3 Å². The second-order valence-corrected chi connectivity index (χ2v) is 5.00. The topological polar surface area (TPSA) is 40.7 Å². The van der Waals surface area contributed by atoms with Gasteiger partial charge < -0.3 is 10.3 Å². The van der Waals surface area contributed by atoms with Gasteiger partial charge in [-0.15, -0.1) is 11.6 Å². The summed E-state index contributed by atoms with van der Waals surface area (Å²) in [5, 5.41) is 3.23. The van der Waals surface area contributed by atoms with E-state index in [1.807, 2.05) is 0 Å². The van der Waals surface area contributed by atoms with Gasteiger partial charge in [-0.3, -0.25) is 0 Å². The highest BCUT2D eigenvalue weighted by molar-refractivity contribution is 6.18. The molecule has 0 saturated heterocycles. The summed E-state index contributed by atoms with van der Waals surface area (Å²) < 4.78 is 13.0. The van der Waals surface area contributed by atoms with E-state index in [-0.39, 0.29) is 11.2 Å². The first-order chi connectivity index (χ1) is 8.21. The van der Waals surface area contributed by atoms with Crippen molar-refractivity contribution < 1.29 is 4.39 Å². The normalized spacial score (nSPS) is 17.3. The maximum absolute atomic E-state index is 13.0. The minimum atomic E-state index is -0.257. The summed E-state index contributed by atoms with van der Waals surface area (Å²) in [6.45, 7) is 0.818. The fourth-order valence-electron chi connectivity index (χ4n) is 1.87. The largest absolute Gasteiger partial charge is 0.355 e. The van der Waals surface area contributed by atoms with Crippen LogP contribution in [-0.4, -0.2) is 22.4 Å². The first kappa shape index (κ1) is 10.8. The van der Waals surface area contributed by atoms with Crippen molar-refractivity contribution in [3.8, 4) is 0 Å². The third-order valence-corrected chi connectivity index (χ3v) is 3.88. The molecule has 1 heterocycles. The van der Waals surface area contributed by atoms with E-state index in [1.165, 1.54) is 25.0 Å². The van der Waals surface area contributed by atoms with Crippen molar-refractivity contribution in [2.75, 3.05) is 17.7 Å². The maximum Gasteiger partial charge on any atom is 0.201 e. The zero-order chi connectivity index (χ0) is 11.9. The second-order valence-electron chi connectivity index (χ2n) is 4.73. The Hall–Kier alpha value is -1.29. The van der Waals surface area contributed by atoms with Crippen LogP contribution in [0.25, 0.3) is 11.0 Å². The van der Waals surface area contributed by atoms with Gasteiger partial charge in [-0.2, -0.15) is 0 Å². The van der Waals surface area contributed by atoms with Gasteiger partial charge in [0.15, 0.2) is 0 Å². The van der Waals surface area contributed by atoms with Crippen molar-refractivity contribution in [3.05, 3.63) is 24.0 Å². The highest BCUT2D eigenvalue weighted by Gasteiger charge is 2.41. The van der Waals surface area contributed by atoms with E-state index >= 15 is 0 Å². The second kappa shape index (κ2) is 3.88. The Bertz CT molecular complexity index is 548. The van der Waals surface area contributed by atoms with Crippen molar-refractivity contribution in [1.29, 1.82) is 0 Å². The van der Waals surface area contributed by atoms with Crippen LogP contribution >= 0.6 is 11.6 Å². The first-order valence-corrected chi connectivity index (χ1v) is 6.19. The number of halogens is 2. The average molecular weight is 254 g/mol. The fraction of sp³-hybridized carbons (Fsp3) is 0.417. The predicted molar refractivity (Wildman–Crippen MR) is 66.9 cm³/mol. The van der Waals surface area contributed by atoms with Crippen LogP contribution in [0.15, 0.2) is 18.2 Å². The number of hydrogen-bond donors (Lipinski definition) is 2. The van der Waals surface area contributed by atoms with Gasteiger partial charge in [0.1, 0.15) is 5.82 Å². The van der Waals surface area contributed by atoms with Crippen LogP contribution < -0.4 is 5.32 Å². The van der Waals surface area contributed by atoms with E-state index in [4.69, 9.17) is 11.6 Å². The molecule has 0 atom stereocenters. The standard InChI is InChI=1S/C12H13ClFN3/c13-6-12(3-4-12)7-15-11-16-9-2-1-8(14)5-10(9)17-11/h1-2,5H,3-4,6-7H2,(H2,15,16,17). The van der Waals surface area contributed by atoms with Gasteiger partial charge in [0.2, 0.25) is 5.95 Å². The molecule has 3 rings (SSSR count). The molecule has 0 spiro atoms. The van der Waals surface area contributed by atoms with E-state index in [0.717, 1.165) is 12.1 Å². The molecule has 0 unspecified atom stereocenters. The molecule has 0 radical (unpaired) electrons. The third kappa shape index (κ3) is 2.09. The summed E-state index contributed by atoms with van der Waals surface area (Å²) in [7, 11) is 0. The summed E-state index contributed by atoms with van der Waals surface area (Å²) >= 11 is 5.90. The molecule has 2 aromatic rings. The minimum Gasteiger partial charge on any atom is -0.355 e. The lowest BCUT2D eigenvalue weighted by atomic mass is 10.1. The van der Waals surface area contributed by atoms with Crippen LogP contribution in [0, 0.1) is 11.2 Å². The molecule has 0 bridgehead atoms. The van der Waals surface area contributed by atoms with Gasteiger partial charge in [-0.1, -0.05) is 0 Å². The number of aromatic nitrogens is 2. The zero-order valence-electron chi connectivity index (χ0n) is 9.26. The molecule has 90 valence electrons. The van der Waals surface area contributed by atoms with Crippen molar-refractivity contribution in [1.82, 2.24) is 9.97 Å². The molecular formula is C12H13ClFN3. The lowest BCUT2D eigenvalue weighted by Crippen LogP contribution is -2.17. The Labute approximate surface area is 103 Å². The summed E-state index contributed by atoms with van der Waals surface area (Å²) in [6.07, 6.45) is 2.33. The lowest BCUT2D eigenvalue weighted by molar-refractivity contribution is 0.616. The molecule has 1 aromatic carbocycles. The summed E-state index contributed by atoms with van der Waals surface area (Å²) in [6, 6.07) is 4.52. The molecule has 2 N–H and O–H groups in total. The highest BCUT2D eigenvalue weighted by Crippen LogP contribution is 2.46. The molecule has 0 amide bonds. The van der Waals surface area contributed by atoms with Gasteiger partial charge >= 0.3 is 0 Å². The van der Waals surface area contributed by atoms with Crippen LogP contribution in [0.3, 0.4) is 0 Å². The Morgan fingerprint density at radius 3 is 3.00 bits per heavy atom. The SMILES string of the molecule is Fc1ccc2nc(NCC3(CCl)CC3)[nH]c2c1. The Balaban J connectivity index is 1.77. The van der Waals surface area contributed by atoms with Gasteiger partial charge in [0, 0.05) is 17.8 Å². The molecular weight excluding hydrogens is 241 g/mol. The highest BCUT2D eigenvalue weighted by atomic mass is 35.5. The molecule has 5 heteroatoms. The van der Waals surface area contributed by atoms with Crippen LogP contribution in [0.1, 0.15) is 12.8 Å². The monoisotopic (exact) mass is 253 g/mol. The summed E-state index contributed by atoms with van der Waals surface area (Å²) in [5.41, 5.74) is 1.72. The number of nitrogens with one attached hydrogen (secondary N) is 2. The lowest BCUT2D eigenvalue weighted by Gasteiger charge is -2.10. The van der Waals surface area contributed by atoms with E-state index in [0.29, 0.717) is 17.3 Å². The van der Waals surface area contributed by atoms with E-state index in [9.17, 15) is 4.39 Å². The number of hydrogen-bond acceptors (Lipinski definition) is 2. The molecule has 17 heavy (non-hydrogen) atoms. The quantitative estimate of drug-likeness (QED) is 0.822. The number of benzene rings is 1.